The lowest BCUT2D eigenvalue weighted by Crippen LogP contribution is -2.02. The van der Waals surface area contributed by atoms with E-state index in [4.69, 9.17) is 5.73 Å². The second kappa shape index (κ2) is 2.17. The van der Waals surface area contributed by atoms with Crippen LogP contribution < -0.4 is 5.73 Å². The number of aryl methyl sites for hydroxylation is 2. The van der Waals surface area contributed by atoms with E-state index in [9.17, 15) is 0 Å². The zero-order chi connectivity index (χ0) is 8.72. The summed E-state index contributed by atoms with van der Waals surface area (Å²) in [7, 11) is 0. The summed E-state index contributed by atoms with van der Waals surface area (Å²) in [4.78, 5) is 7.90. The number of hydrogen-bond donors (Lipinski definition) is 1. The van der Waals surface area contributed by atoms with Gasteiger partial charge < -0.3 is 5.73 Å². The van der Waals surface area contributed by atoms with E-state index in [1.54, 1.807) is 4.52 Å². The number of nitrogen functional groups attached to an aromatic ring is 1. The van der Waals surface area contributed by atoms with Gasteiger partial charge in [-0.2, -0.15) is 9.61 Å². The van der Waals surface area contributed by atoms with Crippen molar-refractivity contribution in [1.82, 2.24) is 19.6 Å². The molecule has 0 amide bonds. The van der Waals surface area contributed by atoms with Gasteiger partial charge in [-0.3, -0.25) is 0 Å². The van der Waals surface area contributed by atoms with Gasteiger partial charge >= 0.3 is 0 Å². The van der Waals surface area contributed by atoms with Gasteiger partial charge in [0.05, 0.1) is 5.69 Å². The number of nitrogens with zero attached hydrogens (tertiary/aromatic N) is 4. The summed E-state index contributed by atoms with van der Waals surface area (Å²) >= 11 is 0. The highest BCUT2D eigenvalue weighted by Gasteiger charge is 2.07. The lowest BCUT2D eigenvalue weighted by atomic mass is 10.3. The molecular weight excluding hydrogens is 154 g/mol. The monoisotopic (exact) mass is 163 g/mol. The van der Waals surface area contributed by atoms with Crippen LogP contribution in [0.4, 0.5) is 5.95 Å². The quantitative estimate of drug-likeness (QED) is 0.607. The molecule has 12 heavy (non-hydrogen) atoms. The number of hydrogen-bond acceptors (Lipinski definition) is 4. The first-order valence-electron chi connectivity index (χ1n) is 3.62. The Balaban J connectivity index is 2.95. The predicted octanol–water partition coefficient (Wildman–Crippen LogP) is 0.323. The second-order valence-electron chi connectivity index (χ2n) is 2.68. The molecule has 0 aromatic carbocycles. The van der Waals surface area contributed by atoms with Gasteiger partial charge in [-0.05, 0) is 13.8 Å². The van der Waals surface area contributed by atoms with Gasteiger partial charge in [0.2, 0.25) is 5.95 Å². The minimum absolute atomic E-state index is 0.371. The summed E-state index contributed by atoms with van der Waals surface area (Å²) in [6.45, 7) is 3.88. The third-order valence-electron chi connectivity index (χ3n) is 1.92. The first-order chi connectivity index (χ1) is 5.70. The van der Waals surface area contributed by atoms with Crippen LogP contribution in [-0.4, -0.2) is 19.6 Å². The second-order valence-corrected chi connectivity index (χ2v) is 2.68. The molecule has 2 heterocycles. The molecule has 62 valence electrons. The minimum Gasteiger partial charge on any atom is -0.368 e. The lowest BCUT2D eigenvalue weighted by molar-refractivity contribution is 0.892. The number of aromatic nitrogens is 4. The molecule has 0 bridgehead atoms. The first-order valence-corrected chi connectivity index (χ1v) is 3.62. The topological polar surface area (TPSA) is 69.1 Å². The summed E-state index contributed by atoms with van der Waals surface area (Å²) in [6.07, 6.45) is 1.44. The Kier molecular flexibility index (Phi) is 1.27. The van der Waals surface area contributed by atoms with E-state index in [0.29, 0.717) is 5.95 Å². The van der Waals surface area contributed by atoms with Crippen LogP contribution >= 0.6 is 0 Å². The summed E-state index contributed by atoms with van der Waals surface area (Å²) in [6, 6.07) is 0. The summed E-state index contributed by atoms with van der Waals surface area (Å²) in [5.41, 5.74) is 8.34. The minimum atomic E-state index is 0.371. The standard InChI is InChI=1S/C7H9N5/c1-4-5(2)11-12-6(4)9-3-10-7(12)8/h3H,1-2H3,(H2,8,9,10). The van der Waals surface area contributed by atoms with Crippen LogP contribution in [0.15, 0.2) is 6.33 Å². The summed E-state index contributed by atoms with van der Waals surface area (Å²) in [5.74, 6) is 0.371. The maximum Gasteiger partial charge on any atom is 0.224 e. The fourth-order valence-electron chi connectivity index (χ4n) is 1.10. The largest absolute Gasteiger partial charge is 0.368 e. The van der Waals surface area contributed by atoms with Crippen molar-refractivity contribution in [2.45, 2.75) is 13.8 Å². The Bertz CT molecular complexity index is 431. The average Bonchev–Trinajstić information content (AvgIpc) is 2.32. The maximum atomic E-state index is 5.59. The van der Waals surface area contributed by atoms with Crippen molar-refractivity contribution in [2.24, 2.45) is 0 Å². The molecule has 2 N–H and O–H groups in total. The lowest BCUT2D eigenvalue weighted by Gasteiger charge is -1.94. The van der Waals surface area contributed by atoms with Gasteiger partial charge in [0.15, 0.2) is 5.65 Å². The zero-order valence-electron chi connectivity index (χ0n) is 6.94. The highest BCUT2D eigenvalue weighted by molar-refractivity contribution is 5.50. The third-order valence-corrected chi connectivity index (χ3v) is 1.92. The van der Waals surface area contributed by atoms with Crippen LogP contribution in [0.1, 0.15) is 11.3 Å². The highest BCUT2D eigenvalue weighted by atomic mass is 15.3. The maximum absolute atomic E-state index is 5.59. The molecule has 0 spiro atoms. The Labute approximate surface area is 69.2 Å². The van der Waals surface area contributed by atoms with E-state index in [2.05, 4.69) is 15.1 Å². The molecule has 0 radical (unpaired) electrons. The molecule has 0 aliphatic carbocycles. The normalized spacial score (nSPS) is 10.8. The van der Waals surface area contributed by atoms with E-state index in [1.807, 2.05) is 13.8 Å². The molecule has 5 nitrogen and oxygen atoms in total. The van der Waals surface area contributed by atoms with E-state index >= 15 is 0 Å². The molecule has 5 heteroatoms. The van der Waals surface area contributed by atoms with Gasteiger partial charge in [0.25, 0.3) is 0 Å². The van der Waals surface area contributed by atoms with Crippen LogP contribution in [0.25, 0.3) is 5.65 Å². The molecule has 0 aliphatic rings. The molecule has 0 atom stereocenters. The van der Waals surface area contributed by atoms with Crippen molar-refractivity contribution >= 4 is 11.6 Å². The Hall–Kier alpha value is -1.65. The van der Waals surface area contributed by atoms with Crippen molar-refractivity contribution in [1.29, 1.82) is 0 Å². The number of anilines is 1. The molecule has 0 unspecified atom stereocenters. The van der Waals surface area contributed by atoms with Gasteiger partial charge in [0.1, 0.15) is 6.33 Å². The number of rotatable bonds is 0. The van der Waals surface area contributed by atoms with Crippen LogP contribution in [-0.2, 0) is 0 Å². The third kappa shape index (κ3) is 0.761. The Morgan fingerprint density at radius 2 is 2.08 bits per heavy atom. The summed E-state index contributed by atoms with van der Waals surface area (Å²) < 4.78 is 1.55. The van der Waals surface area contributed by atoms with Crippen molar-refractivity contribution < 1.29 is 0 Å². The SMILES string of the molecule is Cc1nn2c(N)ncnc2c1C. The smallest absolute Gasteiger partial charge is 0.224 e. The molecule has 0 saturated heterocycles. The average molecular weight is 163 g/mol. The van der Waals surface area contributed by atoms with Crippen molar-refractivity contribution in [2.75, 3.05) is 5.73 Å². The van der Waals surface area contributed by atoms with Crippen molar-refractivity contribution in [3.63, 3.8) is 0 Å². The molecule has 2 aromatic heterocycles. The van der Waals surface area contributed by atoms with Crippen LogP contribution in [0.3, 0.4) is 0 Å². The van der Waals surface area contributed by atoms with Gasteiger partial charge in [-0.1, -0.05) is 0 Å². The van der Waals surface area contributed by atoms with Crippen molar-refractivity contribution in [3.05, 3.63) is 17.6 Å². The Morgan fingerprint density at radius 3 is 2.75 bits per heavy atom. The van der Waals surface area contributed by atoms with E-state index in [0.717, 1.165) is 16.9 Å². The van der Waals surface area contributed by atoms with Gasteiger partial charge in [-0.15, -0.1) is 0 Å². The van der Waals surface area contributed by atoms with Crippen LogP contribution in [0.2, 0.25) is 0 Å². The Morgan fingerprint density at radius 1 is 1.33 bits per heavy atom. The fraction of sp³-hybridized carbons (Fsp3) is 0.286. The molecular formula is C7H9N5. The van der Waals surface area contributed by atoms with E-state index in [-0.39, 0.29) is 0 Å². The first kappa shape index (κ1) is 7.02. The molecule has 2 aromatic rings. The summed E-state index contributed by atoms with van der Waals surface area (Å²) in [5, 5.41) is 4.18. The highest BCUT2D eigenvalue weighted by Crippen LogP contribution is 2.11. The predicted molar refractivity (Wildman–Crippen MR) is 44.7 cm³/mol. The van der Waals surface area contributed by atoms with Crippen LogP contribution in [0, 0.1) is 13.8 Å². The van der Waals surface area contributed by atoms with Crippen molar-refractivity contribution in [3.8, 4) is 0 Å². The molecule has 0 aliphatic heterocycles. The van der Waals surface area contributed by atoms with E-state index in [1.165, 1.54) is 6.33 Å². The zero-order valence-corrected chi connectivity index (χ0v) is 6.94. The molecule has 0 saturated carbocycles. The van der Waals surface area contributed by atoms with Gasteiger partial charge in [0, 0.05) is 5.56 Å². The van der Waals surface area contributed by atoms with E-state index < -0.39 is 0 Å². The molecule has 0 fully saturated rings. The van der Waals surface area contributed by atoms with Crippen LogP contribution in [0.5, 0.6) is 0 Å². The number of nitrogens with two attached hydrogens (primary N) is 1. The fourth-order valence-corrected chi connectivity index (χ4v) is 1.10. The number of fused-ring (bicyclic) bond motifs is 1. The van der Waals surface area contributed by atoms with Gasteiger partial charge in [-0.25, -0.2) is 9.97 Å². The molecule has 2 rings (SSSR count).